The van der Waals surface area contributed by atoms with E-state index in [9.17, 15) is 0 Å². The molecule has 2 atom stereocenters. The van der Waals surface area contributed by atoms with Crippen molar-refractivity contribution >= 4 is 0 Å². The first-order valence-electron chi connectivity index (χ1n) is 6.51. The summed E-state index contributed by atoms with van der Waals surface area (Å²) < 4.78 is 16.5. The zero-order chi connectivity index (χ0) is 13.7. The Labute approximate surface area is 114 Å². The number of benzene rings is 1. The van der Waals surface area contributed by atoms with E-state index in [-0.39, 0.29) is 12.1 Å². The second-order valence-corrected chi connectivity index (χ2v) is 4.49. The van der Waals surface area contributed by atoms with Crippen LogP contribution in [0, 0.1) is 0 Å². The number of ether oxygens (including phenoxy) is 3. The van der Waals surface area contributed by atoms with Crippen molar-refractivity contribution in [3.8, 4) is 11.5 Å². The summed E-state index contributed by atoms with van der Waals surface area (Å²) in [6, 6.07) is 5.96. The highest BCUT2D eigenvalue weighted by Crippen LogP contribution is 2.32. The molecule has 1 saturated heterocycles. The summed E-state index contributed by atoms with van der Waals surface area (Å²) in [6.45, 7) is 2.48. The second kappa shape index (κ2) is 6.75. The maximum atomic E-state index is 5.83. The standard InChI is InChI=1S/C14H22N2O3/c1-15-14(13-9-16-6-7-19-13)11-5-4-10(17-2)8-12(11)18-3/h4-5,8,13-16H,6-7,9H2,1-3H3. The van der Waals surface area contributed by atoms with Gasteiger partial charge < -0.3 is 24.8 Å². The molecule has 2 N–H and O–H groups in total. The quantitative estimate of drug-likeness (QED) is 0.831. The third-order valence-corrected chi connectivity index (χ3v) is 3.41. The Morgan fingerprint density at radius 3 is 2.79 bits per heavy atom. The van der Waals surface area contributed by atoms with Crippen LogP contribution in [-0.4, -0.2) is 47.1 Å². The van der Waals surface area contributed by atoms with Gasteiger partial charge in [-0.1, -0.05) is 0 Å². The highest BCUT2D eigenvalue weighted by atomic mass is 16.5. The molecule has 1 heterocycles. The molecule has 1 aromatic rings. The summed E-state index contributed by atoms with van der Waals surface area (Å²) in [4.78, 5) is 0. The van der Waals surface area contributed by atoms with Crippen molar-refractivity contribution in [1.82, 2.24) is 10.6 Å². The van der Waals surface area contributed by atoms with Crippen molar-refractivity contribution in [2.24, 2.45) is 0 Å². The zero-order valence-electron chi connectivity index (χ0n) is 11.7. The summed E-state index contributed by atoms with van der Waals surface area (Å²) in [7, 11) is 5.26. The Morgan fingerprint density at radius 2 is 2.21 bits per heavy atom. The summed E-state index contributed by atoms with van der Waals surface area (Å²) >= 11 is 0. The lowest BCUT2D eigenvalue weighted by atomic mass is 9.99. The minimum atomic E-state index is 0.0913. The van der Waals surface area contributed by atoms with E-state index >= 15 is 0 Å². The first-order chi connectivity index (χ1) is 9.30. The molecule has 0 bridgehead atoms. The van der Waals surface area contributed by atoms with Crippen molar-refractivity contribution in [1.29, 1.82) is 0 Å². The molecule has 0 spiro atoms. The number of likely N-dealkylation sites (N-methyl/N-ethyl adjacent to an activating group) is 1. The Balaban J connectivity index is 2.26. The van der Waals surface area contributed by atoms with Crippen LogP contribution in [0.15, 0.2) is 18.2 Å². The van der Waals surface area contributed by atoms with E-state index in [2.05, 4.69) is 10.6 Å². The van der Waals surface area contributed by atoms with Crippen molar-refractivity contribution < 1.29 is 14.2 Å². The topological polar surface area (TPSA) is 51.8 Å². The van der Waals surface area contributed by atoms with Crippen molar-refractivity contribution in [3.63, 3.8) is 0 Å². The monoisotopic (exact) mass is 266 g/mol. The minimum absolute atomic E-state index is 0.0913. The van der Waals surface area contributed by atoms with E-state index in [1.807, 2.05) is 25.2 Å². The van der Waals surface area contributed by atoms with E-state index in [4.69, 9.17) is 14.2 Å². The van der Waals surface area contributed by atoms with Gasteiger partial charge in [-0.05, 0) is 19.2 Å². The van der Waals surface area contributed by atoms with E-state index in [0.717, 1.165) is 36.8 Å². The van der Waals surface area contributed by atoms with Crippen LogP contribution in [0.3, 0.4) is 0 Å². The fourth-order valence-electron chi connectivity index (χ4n) is 2.42. The molecule has 1 fully saturated rings. The van der Waals surface area contributed by atoms with E-state index in [1.165, 1.54) is 0 Å². The largest absolute Gasteiger partial charge is 0.497 e. The summed E-state index contributed by atoms with van der Waals surface area (Å²) in [5, 5.41) is 6.66. The van der Waals surface area contributed by atoms with Gasteiger partial charge in [0.15, 0.2) is 0 Å². The number of morpholine rings is 1. The first-order valence-corrected chi connectivity index (χ1v) is 6.51. The van der Waals surface area contributed by atoms with Gasteiger partial charge in [0.2, 0.25) is 0 Å². The van der Waals surface area contributed by atoms with Gasteiger partial charge in [0.1, 0.15) is 11.5 Å². The fourth-order valence-corrected chi connectivity index (χ4v) is 2.42. The first kappa shape index (κ1) is 14.1. The molecule has 1 aliphatic heterocycles. The Kier molecular flexibility index (Phi) is 5.01. The van der Waals surface area contributed by atoms with Crippen LogP contribution in [0.2, 0.25) is 0 Å². The van der Waals surface area contributed by atoms with Gasteiger partial charge in [0, 0.05) is 24.7 Å². The van der Waals surface area contributed by atoms with E-state index in [1.54, 1.807) is 14.2 Å². The molecule has 106 valence electrons. The van der Waals surface area contributed by atoms with Crippen LogP contribution in [-0.2, 0) is 4.74 Å². The lowest BCUT2D eigenvalue weighted by Gasteiger charge is -2.31. The van der Waals surface area contributed by atoms with Gasteiger partial charge in [0.25, 0.3) is 0 Å². The van der Waals surface area contributed by atoms with Gasteiger partial charge >= 0.3 is 0 Å². The molecule has 19 heavy (non-hydrogen) atoms. The van der Waals surface area contributed by atoms with Crippen LogP contribution >= 0.6 is 0 Å². The maximum absolute atomic E-state index is 5.83. The normalized spacial score (nSPS) is 20.9. The van der Waals surface area contributed by atoms with Crippen molar-refractivity contribution in [2.45, 2.75) is 12.1 Å². The smallest absolute Gasteiger partial charge is 0.127 e. The molecule has 0 radical (unpaired) electrons. The van der Waals surface area contributed by atoms with Crippen LogP contribution in [0.5, 0.6) is 11.5 Å². The maximum Gasteiger partial charge on any atom is 0.127 e. The predicted molar refractivity (Wildman–Crippen MR) is 74.0 cm³/mol. The molecule has 0 aromatic heterocycles. The lowest BCUT2D eigenvalue weighted by Crippen LogP contribution is -2.45. The number of rotatable bonds is 5. The van der Waals surface area contributed by atoms with Gasteiger partial charge in [0.05, 0.1) is 33.0 Å². The van der Waals surface area contributed by atoms with Crippen LogP contribution < -0.4 is 20.1 Å². The van der Waals surface area contributed by atoms with Crippen LogP contribution in [0.25, 0.3) is 0 Å². The molecule has 1 aromatic carbocycles. The molecule has 0 amide bonds. The molecule has 0 saturated carbocycles. The molecule has 1 aliphatic rings. The zero-order valence-corrected chi connectivity index (χ0v) is 11.7. The molecule has 2 rings (SSSR count). The number of hydrogen-bond acceptors (Lipinski definition) is 5. The van der Waals surface area contributed by atoms with Crippen LogP contribution in [0.1, 0.15) is 11.6 Å². The fraction of sp³-hybridized carbons (Fsp3) is 0.571. The van der Waals surface area contributed by atoms with Crippen LogP contribution in [0.4, 0.5) is 0 Å². The molecule has 0 aliphatic carbocycles. The molecule has 5 heteroatoms. The molecular weight excluding hydrogens is 244 g/mol. The second-order valence-electron chi connectivity index (χ2n) is 4.49. The summed E-state index contributed by atoms with van der Waals surface area (Å²) in [5.41, 5.74) is 1.08. The van der Waals surface area contributed by atoms with E-state index in [0.29, 0.717) is 0 Å². The number of nitrogens with one attached hydrogen (secondary N) is 2. The Bertz CT molecular complexity index is 406. The average Bonchev–Trinajstić information content (AvgIpc) is 2.49. The SMILES string of the molecule is CNC(c1ccc(OC)cc1OC)C1CNCCO1. The number of hydrogen-bond donors (Lipinski definition) is 2. The van der Waals surface area contributed by atoms with Gasteiger partial charge in [-0.2, -0.15) is 0 Å². The average molecular weight is 266 g/mol. The molecule has 5 nitrogen and oxygen atoms in total. The predicted octanol–water partition coefficient (Wildman–Crippen LogP) is 0.953. The molecular formula is C14H22N2O3. The third-order valence-electron chi connectivity index (χ3n) is 3.41. The summed E-state index contributed by atoms with van der Waals surface area (Å²) in [6.07, 6.45) is 0.0982. The highest BCUT2D eigenvalue weighted by Gasteiger charge is 2.27. The van der Waals surface area contributed by atoms with Gasteiger partial charge in [-0.15, -0.1) is 0 Å². The van der Waals surface area contributed by atoms with E-state index < -0.39 is 0 Å². The van der Waals surface area contributed by atoms with Gasteiger partial charge in [-0.25, -0.2) is 0 Å². The van der Waals surface area contributed by atoms with Crippen molar-refractivity contribution in [3.05, 3.63) is 23.8 Å². The third kappa shape index (κ3) is 3.18. The lowest BCUT2D eigenvalue weighted by molar-refractivity contribution is 0.00490. The van der Waals surface area contributed by atoms with Crippen molar-refractivity contribution in [2.75, 3.05) is 41.0 Å². The highest BCUT2D eigenvalue weighted by molar-refractivity contribution is 5.43. The Hall–Kier alpha value is -1.30. The minimum Gasteiger partial charge on any atom is -0.497 e. The Morgan fingerprint density at radius 1 is 1.37 bits per heavy atom. The molecule has 2 unspecified atom stereocenters. The number of methoxy groups -OCH3 is 2. The summed E-state index contributed by atoms with van der Waals surface area (Å²) in [5.74, 6) is 1.60. The van der Waals surface area contributed by atoms with Gasteiger partial charge in [-0.3, -0.25) is 0 Å².